The van der Waals surface area contributed by atoms with Crippen LogP contribution in [0, 0.1) is 6.92 Å². The molecule has 0 aromatic carbocycles. The summed E-state index contributed by atoms with van der Waals surface area (Å²) in [7, 11) is 1.91. The highest BCUT2D eigenvalue weighted by Gasteiger charge is 2.02. The SMILES string of the molecule is C=C(CN)c1cc(C)n(C)n1. The lowest BCUT2D eigenvalue weighted by atomic mass is 10.2. The summed E-state index contributed by atoms with van der Waals surface area (Å²) in [5.74, 6) is 0. The van der Waals surface area contributed by atoms with Crippen molar-refractivity contribution in [1.82, 2.24) is 9.78 Å². The van der Waals surface area contributed by atoms with E-state index in [-0.39, 0.29) is 0 Å². The van der Waals surface area contributed by atoms with E-state index in [1.165, 1.54) is 0 Å². The first-order chi connectivity index (χ1) is 5.15. The van der Waals surface area contributed by atoms with E-state index in [2.05, 4.69) is 11.7 Å². The Balaban J connectivity index is 2.97. The molecule has 0 atom stereocenters. The van der Waals surface area contributed by atoms with Gasteiger partial charge in [-0.25, -0.2) is 0 Å². The van der Waals surface area contributed by atoms with E-state index in [4.69, 9.17) is 5.73 Å². The molecule has 60 valence electrons. The molecule has 0 fully saturated rings. The summed E-state index contributed by atoms with van der Waals surface area (Å²) in [5, 5.41) is 4.22. The molecule has 1 heterocycles. The summed E-state index contributed by atoms with van der Waals surface area (Å²) >= 11 is 0. The Morgan fingerprint density at radius 3 is 2.82 bits per heavy atom. The minimum absolute atomic E-state index is 0.469. The van der Waals surface area contributed by atoms with E-state index >= 15 is 0 Å². The van der Waals surface area contributed by atoms with Crippen molar-refractivity contribution in [2.75, 3.05) is 6.54 Å². The Morgan fingerprint density at radius 2 is 2.45 bits per heavy atom. The number of rotatable bonds is 2. The largest absolute Gasteiger partial charge is 0.326 e. The molecule has 0 aliphatic heterocycles. The van der Waals surface area contributed by atoms with Gasteiger partial charge in [0.1, 0.15) is 0 Å². The topological polar surface area (TPSA) is 43.8 Å². The zero-order valence-electron chi connectivity index (χ0n) is 6.96. The first-order valence-electron chi connectivity index (χ1n) is 3.54. The molecule has 1 aromatic rings. The Labute approximate surface area is 66.5 Å². The molecule has 11 heavy (non-hydrogen) atoms. The fourth-order valence-electron chi connectivity index (χ4n) is 0.838. The molecule has 1 aromatic heterocycles. The number of nitrogens with zero attached hydrogens (tertiary/aromatic N) is 2. The highest BCUT2D eigenvalue weighted by molar-refractivity contribution is 5.61. The third-order valence-electron chi connectivity index (χ3n) is 1.72. The van der Waals surface area contributed by atoms with Gasteiger partial charge in [0.25, 0.3) is 0 Å². The maximum Gasteiger partial charge on any atom is 0.0892 e. The van der Waals surface area contributed by atoms with Crippen molar-refractivity contribution < 1.29 is 0 Å². The van der Waals surface area contributed by atoms with Crippen LogP contribution in [0.25, 0.3) is 5.57 Å². The van der Waals surface area contributed by atoms with Crippen molar-refractivity contribution in [3.05, 3.63) is 24.0 Å². The van der Waals surface area contributed by atoms with Gasteiger partial charge >= 0.3 is 0 Å². The smallest absolute Gasteiger partial charge is 0.0892 e. The first kappa shape index (κ1) is 8.01. The highest BCUT2D eigenvalue weighted by Crippen LogP contribution is 2.09. The average Bonchev–Trinajstić information content (AvgIpc) is 2.31. The number of nitrogens with two attached hydrogens (primary N) is 1. The van der Waals surface area contributed by atoms with E-state index in [0.717, 1.165) is 17.0 Å². The lowest BCUT2D eigenvalue weighted by Gasteiger charge is -1.94. The van der Waals surface area contributed by atoms with Crippen molar-refractivity contribution in [3.63, 3.8) is 0 Å². The normalized spacial score (nSPS) is 10.1. The predicted molar refractivity (Wildman–Crippen MR) is 46.0 cm³/mol. The maximum absolute atomic E-state index is 5.41. The van der Waals surface area contributed by atoms with Gasteiger partial charge in [0.05, 0.1) is 5.69 Å². The minimum Gasteiger partial charge on any atom is -0.326 e. The lowest BCUT2D eigenvalue weighted by molar-refractivity contribution is 0.736. The zero-order valence-corrected chi connectivity index (χ0v) is 6.96. The maximum atomic E-state index is 5.41. The van der Waals surface area contributed by atoms with Gasteiger partial charge in [-0.15, -0.1) is 0 Å². The van der Waals surface area contributed by atoms with Crippen LogP contribution in [0.4, 0.5) is 0 Å². The van der Waals surface area contributed by atoms with E-state index in [1.807, 2.05) is 24.7 Å². The summed E-state index contributed by atoms with van der Waals surface area (Å²) in [4.78, 5) is 0. The van der Waals surface area contributed by atoms with Crippen molar-refractivity contribution in [1.29, 1.82) is 0 Å². The molecule has 0 aliphatic rings. The Hall–Kier alpha value is -1.09. The van der Waals surface area contributed by atoms with Crippen LogP contribution >= 0.6 is 0 Å². The van der Waals surface area contributed by atoms with Crippen molar-refractivity contribution >= 4 is 5.57 Å². The minimum atomic E-state index is 0.469. The second-order valence-electron chi connectivity index (χ2n) is 2.60. The molecule has 0 amide bonds. The predicted octanol–water partition coefficient (Wildman–Crippen LogP) is 0.700. The van der Waals surface area contributed by atoms with Crippen LogP contribution in [0.5, 0.6) is 0 Å². The molecule has 0 radical (unpaired) electrons. The second-order valence-corrected chi connectivity index (χ2v) is 2.60. The van der Waals surface area contributed by atoms with E-state index in [1.54, 1.807) is 0 Å². The molecule has 3 heteroatoms. The summed E-state index contributed by atoms with van der Waals surface area (Å²) in [6, 6.07) is 1.98. The van der Waals surface area contributed by atoms with Crippen LogP contribution in [-0.2, 0) is 7.05 Å². The fourth-order valence-corrected chi connectivity index (χ4v) is 0.838. The molecule has 3 nitrogen and oxygen atoms in total. The second kappa shape index (κ2) is 2.88. The lowest BCUT2D eigenvalue weighted by Crippen LogP contribution is -2.02. The van der Waals surface area contributed by atoms with Gasteiger partial charge in [0, 0.05) is 19.3 Å². The Kier molecular flexibility index (Phi) is 2.10. The van der Waals surface area contributed by atoms with Gasteiger partial charge in [-0.05, 0) is 18.6 Å². The molecule has 0 aliphatic carbocycles. The van der Waals surface area contributed by atoms with Crippen LogP contribution in [0.3, 0.4) is 0 Å². The summed E-state index contributed by atoms with van der Waals surface area (Å²) in [5.41, 5.74) is 8.31. The highest BCUT2D eigenvalue weighted by atomic mass is 15.3. The molecule has 0 saturated heterocycles. The third kappa shape index (κ3) is 1.49. The van der Waals surface area contributed by atoms with Crippen LogP contribution in [0.15, 0.2) is 12.6 Å². The van der Waals surface area contributed by atoms with Gasteiger partial charge in [-0.3, -0.25) is 4.68 Å². The Bertz CT molecular complexity index is 253. The van der Waals surface area contributed by atoms with Crippen molar-refractivity contribution in [2.24, 2.45) is 12.8 Å². The zero-order chi connectivity index (χ0) is 8.43. The molecule has 0 bridgehead atoms. The van der Waals surface area contributed by atoms with E-state index in [0.29, 0.717) is 6.54 Å². The summed E-state index contributed by atoms with van der Waals surface area (Å²) in [6.45, 7) is 6.27. The Morgan fingerprint density at radius 1 is 1.82 bits per heavy atom. The molecule has 0 unspecified atom stereocenters. The van der Waals surface area contributed by atoms with Crippen molar-refractivity contribution in [2.45, 2.75) is 6.92 Å². The van der Waals surface area contributed by atoms with Crippen LogP contribution < -0.4 is 5.73 Å². The van der Waals surface area contributed by atoms with Crippen LogP contribution in [-0.4, -0.2) is 16.3 Å². The third-order valence-corrected chi connectivity index (χ3v) is 1.72. The van der Waals surface area contributed by atoms with Gasteiger partial charge in [0.15, 0.2) is 0 Å². The van der Waals surface area contributed by atoms with Gasteiger partial charge < -0.3 is 5.73 Å². The average molecular weight is 151 g/mol. The van der Waals surface area contributed by atoms with E-state index in [9.17, 15) is 0 Å². The number of hydrogen-bond acceptors (Lipinski definition) is 2. The van der Waals surface area contributed by atoms with Crippen LogP contribution in [0.2, 0.25) is 0 Å². The fraction of sp³-hybridized carbons (Fsp3) is 0.375. The molecule has 0 spiro atoms. The van der Waals surface area contributed by atoms with Gasteiger partial charge in [0.2, 0.25) is 0 Å². The molecular weight excluding hydrogens is 138 g/mol. The van der Waals surface area contributed by atoms with Crippen molar-refractivity contribution in [3.8, 4) is 0 Å². The number of aryl methyl sites for hydroxylation is 2. The molecule has 0 saturated carbocycles. The van der Waals surface area contributed by atoms with Crippen LogP contribution in [0.1, 0.15) is 11.4 Å². The summed E-state index contributed by atoms with van der Waals surface area (Å²) in [6.07, 6.45) is 0. The molecule has 1 rings (SSSR count). The monoisotopic (exact) mass is 151 g/mol. The first-order valence-corrected chi connectivity index (χ1v) is 3.54. The number of aromatic nitrogens is 2. The summed E-state index contributed by atoms with van der Waals surface area (Å²) < 4.78 is 1.82. The molecular formula is C8H13N3. The van der Waals surface area contributed by atoms with Gasteiger partial charge in [-0.1, -0.05) is 6.58 Å². The molecule has 2 N–H and O–H groups in total. The number of hydrogen-bond donors (Lipinski definition) is 1. The van der Waals surface area contributed by atoms with E-state index < -0.39 is 0 Å². The van der Waals surface area contributed by atoms with Gasteiger partial charge in [-0.2, -0.15) is 5.10 Å². The standard InChI is InChI=1S/C8H13N3/c1-6(5-9)8-4-7(2)11(3)10-8/h4H,1,5,9H2,2-3H3. The quantitative estimate of drug-likeness (QED) is 0.676.